The molecule has 2 amide bonds. The maximum absolute atomic E-state index is 11.5. The second kappa shape index (κ2) is 10.7. The molecule has 0 aliphatic carbocycles. The number of carboxylic acids is 1. The van der Waals surface area contributed by atoms with Gasteiger partial charge in [0.15, 0.2) is 0 Å². The number of carbonyl (C=O) groups excluding carboxylic acids is 1. The zero-order valence-electron chi connectivity index (χ0n) is 12.2. The zero-order chi connectivity index (χ0) is 15.3. The lowest BCUT2D eigenvalue weighted by molar-refractivity contribution is -0.137. The molecule has 4 N–H and O–H groups in total. The molecule has 0 saturated heterocycles. The van der Waals surface area contributed by atoms with Crippen LogP contribution in [-0.2, 0) is 11.2 Å². The lowest BCUT2D eigenvalue weighted by Crippen LogP contribution is -2.36. The van der Waals surface area contributed by atoms with Crippen LogP contribution in [0.5, 0.6) is 0 Å². The number of urea groups is 1. The van der Waals surface area contributed by atoms with Gasteiger partial charge >= 0.3 is 12.0 Å². The van der Waals surface area contributed by atoms with Crippen molar-refractivity contribution in [3.8, 4) is 0 Å². The van der Waals surface area contributed by atoms with E-state index in [1.54, 1.807) is 12.4 Å². The summed E-state index contributed by atoms with van der Waals surface area (Å²) in [5.41, 5.74) is 0. The van der Waals surface area contributed by atoms with Crippen LogP contribution in [0.25, 0.3) is 0 Å². The Hall–Kier alpha value is -2.05. The number of aromatic amines is 1. The second-order valence-electron chi connectivity index (χ2n) is 4.88. The molecule has 1 aromatic rings. The normalized spacial score (nSPS) is 10.3. The van der Waals surface area contributed by atoms with E-state index in [4.69, 9.17) is 5.11 Å². The van der Waals surface area contributed by atoms with Gasteiger partial charge in [-0.05, 0) is 19.3 Å². The van der Waals surface area contributed by atoms with E-state index < -0.39 is 5.97 Å². The van der Waals surface area contributed by atoms with Crippen LogP contribution in [0, 0.1) is 0 Å². The first-order chi connectivity index (χ1) is 10.2. The Morgan fingerprint density at radius 3 is 2.48 bits per heavy atom. The molecule has 0 fully saturated rings. The van der Waals surface area contributed by atoms with Crippen LogP contribution in [0.1, 0.15) is 44.3 Å². The van der Waals surface area contributed by atoms with Crippen LogP contribution in [0.3, 0.4) is 0 Å². The monoisotopic (exact) mass is 296 g/mol. The molecule has 0 atom stereocenters. The van der Waals surface area contributed by atoms with Crippen molar-refractivity contribution in [1.82, 2.24) is 20.6 Å². The fourth-order valence-corrected chi connectivity index (χ4v) is 1.91. The fraction of sp³-hybridized carbons (Fsp3) is 0.643. The minimum Gasteiger partial charge on any atom is -0.481 e. The van der Waals surface area contributed by atoms with E-state index in [0.29, 0.717) is 19.5 Å². The number of aromatic nitrogens is 2. The predicted octanol–water partition coefficient (Wildman–Crippen LogP) is 1.68. The topological polar surface area (TPSA) is 107 Å². The maximum Gasteiger partial charge on any atom is 0.314 e. The summed E-state index contributed by atoms with van der Waals surface area (Å²) in [7, 11) is 0. The highest BCUT2D eigenvalue weighted by Gasteiger charge is 2.00. The first-order valence-corrected chi connectivity index (χ1v) is 7.40. The van der Waals surface area contributed by atoms with Gasteiger partial charge in [-0.25, -0.2) is 9.78 Å². The summed E-state index contributed by atoms with van der Waals surface area (Å²) in [5, 5.41) is 14.1. The number of hydrogen-bond acceptors (Lipinski definition) is 3. The number of aryl methyl sites for hydroxylation is 1. The number of rotatable bonds is 11. The summed E-state index contributed by atoms with van der Waals surface area (Å²) in [5.74, 6) is 0.181. The third-order valence-electron chi connectivity index (χ3n) is 3.03. The van der Waals surface area contributed by atoms with Crippen LogP contribution in [0.2, 0.25) is 0 Å². The largest absolute Gasteiger partial charge is 0.481 e. The van der Waals surface area contributed by atoms with Crippen LogP contribution in [0.4, 0.5) is 4.79 Å². The van der Waals surface area contributed by atoms with Crippen LogP contribution in [0.15, 0.2) is 12.4 Å². The Labute approximate surface area is 124 Å². The van der Waals surface area contributed by atoms with Gasteiger partial charge in [0, 0.05) is 38.3 Å². The second-order valence-corrected chi connectivity index (χ2v) is 4.88. The predicted molar refractivity (Wildman–Crippen MR) is 79.0 cm³/mol. The van der Waals surface area contributed by atoms with Crippen molar-refractivity contribution >= 4 is 12.0 Å². The van der Waals surface area contributed by atoms with Gasteiger partial charge in [0.2, 0.25) is 0 Å². The number of nitrogens with zero attached hydrogens (tertiary/aromatic N) is 1. The molecule has 0 saturated carbocycles. The standard InChI is InChI=1S/C14H24N4O3/c19-13(20)7-3-1-2-4-8-17-14(21)18-9-5-6-12-15-10-11-16-12/h10-11H,1-9H2,(H,15,16)(H,19,20)(H2,17,18,21). The zero-order valence-corrected chi connectivity index (χ0v) is 12.2. The molecule has 21 heavy (non-hydrogen) atoms. The van der Waals surface area contributed by atoms with Gasteiger partial charge in [0.05, 0.1) is 0 Å². The number of aliphatic carboxylic acids is 1. The van der Waals surface area contributed by atoms with E-state index in [1.165, 1.54) is 0 Å². The summed E-state index contributed by atoms with van der Waals surface area (Å²) in [6, 6.07) is -0.153. The maximum atomic E-state index is 11.5. The molecule has 0 spiro atoms. The van der Waals surface area contributed by atoms with Crippen LogP contribution in [-0.4, -0.2) is 40.2 Å². The van der Waals surface area contributed by atoms with Gasteiger partial charge in [-0.3, -0.25) is 4.79 Å². The highest BCUT2D eigenvalue weighted by atomic mass is 16.4. The highest BCUT2D eigenvalue weighted by Crippen LogP contribution is 2.02. The molecule has 0 aromatic carbocycles. The van der Waals surface area contributed by atoms with E-state index >= 15 is 0 Å². The Morgan fingerprint density at radius 2 is 1.81 bits per heavy atom. The average Bonchev–Trinajstić information content (AvgIpc) is 2.95. The quantitative estimate of drug-likeness (QED) is 0.466. The molecule has 118 valence electrons. The summed E-state index contributed by atoms with van der Waals surface area (Å²) >= 11 is 0. The molecule has 7 nitrogen and oxygen atoms in total. The van der Waals surface area contributed by atoms with Gasteiger partial charge < -0.3 is 20.7 Å². The minimum absolute atomic E-state index is 0.153. The summed E-state index contributed by atoms with van der Waals surface area (Å²) < 4.78 is 0. The number of carboxylic acid groups (broad SMARTS) is 1. The fourth-order valence-electron chi connectivity index (χ4n) is 1.91. The molecule has 0 bridgehead atoms. The number of H-pyrrole nitrogens is 1. The van der Waals surface area contributed by atoms with Gasteiger partial charge in [-0.1, -0.05) is 12.8 Å². The smallest absolute Gasteiger partial charge is 0.314 e. The van der Waals surface area contributed by atoms with Crippen LogP contribution < -0.4 is 10.6 Å². The molecule has 1 rings (SSSR count). The number of hydrogen-bond donors (Lipinski definition) is 4. The molecule has 0 unspecified atom stereocenters. The molecule has 0 aliphatic heterocycles. The first kappa shape index (κ1) is 17.0. The van der Waals surface area contributed by atoms with Crippen molar-refractivity contribution in [1.29, 1.82) is 0 Å². The minimum atomic E-state index is -0.748. The van der Waals surface area contributed by atoms with Crippen molar-refractivity contribution in [2.24, 2.45) is 0 Å². The number of nitrogens with one attached hydrogen (secondary N) is 3. The highest BCUT2D eigenvalue weighted by molar-refractivity contribution is 5.73. The Morgan fingerprint density at radius 1 is 1.10 bits per heavy atom. The summed E-state index contributed by atoms with van der Waals surface area (Å²) in [4.78, 5) is 28.9. The molecule has 0 radical (unpaired) electrons. The molecular formula is C14H24N4O3. The molecule has 0 aliphatic rings. The van der Waals surface area contributed by atoms with Crippen molar-refractivity contribution in [3.63, 3.8) is 0 Å². The summed E-state index contributed by atoms with van der Waals surface area (Å²) in [6.07, 6.45) is 8.78. The molecular weight excluding hydrogens is 272 g/mol. The lowest BCUT2D eigenvalue weighted by Gasteiger charge is -2.07. The van der Waals surface area contributed by atoms with Crippen molar-refractivity contribution < 1.29 is 14.7 Å². The van der Waals surface area contributed by atoms with Gasteiger partial charge in [0.1, 0.15) is 5.82 Å². The lowest BCUT2D eigenvalue weighted by atomic mass is 10.1. The number of carbonyl (C=O) groups is 2. The molecule has 1 aromatic heterocycles. The van der Waals surface area contributed by atoms with E-state index in [-0.39, 0.29) is 12.5 Å². The van der Waals surface area contributed by atoms with Gasteiger partial charge in [-0.2, -0.15) is 0 Å². The first-order valence-electron chi connectivity index (χ1n) is 7.40. The van der Waals surface area contributed by atoms with E-state index in [1.807, 2.05) is 0 Å². The van der Waals surface area contributed by atoms with E-state index in [0.717, 1.165) is 37.9 Å². The third kappa shape index (κ3) is 9.48. The van der Waals surface area contributed by atoms with Crippen molar-refractivity contribution in [2.75, 3.05) is 13.1 Å². The van der Waals surface area contributed by atoms with Gasteiger partial charge in [0.25, 0.3) is 0 Å². The Kier molecular flexibility index (Phi) is 8.67. The SMILES string of the molecule is O=C(O)CCCCCCNC(=O)NCCCc1ncc[nH]1. The Bertz CT molecular complexity index is 406. The molecule has 7 heteroatoms. The van der Waals surface area contributed by atoms with E-state index in [9.17, 15) is 9.59 Å². The number of imidazole rings is 1. The van der Waals surface area contributed by atoms with Crippen molar-refractivity contribution in [2.45, 2.75) is 44.9 Å². The molecule has 1 heterocycles. The number of unbranched alkanes of at least 4 members (excludes halogenated alkanes) is 3. The summed E-state index contributed by atoms with van der Waals surface area (Å²) in [6.45, 7) is 1.24. The average molecular weight is 296 g/mol. The Balaban J connectivity index is 1.86. The van der Waals surface area contributed by atoms with Crippen molar-refractivity contribution in [3.05, 3.63) is 18.2 Å². The third-order valence-corrected chi connectivity index (χ3v) is 3.03. The van der Waals surface area contributed by atoms with Crippen LogP contribution >= 0.6 is 0 Å². The number of amides is 2. The van der Waals surface area contributed by atoms with E-state index in [2.05, 4.69) is 20.6 Å². The van der Waals surface area contributed by atoms with Gasteiger partial charge in [-0.15, -0.1) is 0 Å².